The molecule has 1 saturated heterocycles. The van der Waals surface area contributed by atoms with Crippen LogP contribution >= 0.6 is 15.9 Å². The molecule has 102 valence electrons. The minimum Gasteiger partial charge on any atom is -0.480 e. The molecule has 0 aromatic carbocycles. The lowest BCUT2D eigenvalue weighted by molar-refractivity contribution is -0.148. The largest absolute Gasteiger partial charge is 0.480 e. The highest BCUT2D eigenvalue weighted by Crippen LogP contribution is 2.35. The molecule has 6 heteroatoms. The summed E-state index contributed by atoms with van der Waals surface area (Å²) >= 11 is 3.15. The Hall–Kier alpha value is -1.04. The molecule has 1 aliphatic heterocycles. The topological polar surface area (TPSA) is 69.6 Å². The third-order valence-corrected chi connectivity index (χ3v) is 3.48. The predicted octanol–water partition coefficient (Wildman–Crippen LogP) is 2.18. The van der Waals surface area contributed by atoms with Crippen molar-refractivity contribution in [3.63, 3.8) is 0 Å². The number of nitrogens with zero attached hydrogens (tertiary/aromatic N) is 1. The van der Waals surface area contributed by atoms with E-state index in [-0.39, 0.29) is 6.03 Å². The van der Waals surface area contributed by atoms with Crippen LogP contribution in [0.5, 0.6) is 0 Å². The standard InChI is InChI=1S/C12H19BrN2O3/c1-8(13)7-14-11(18)15-6-4-5-12(2,3)9(15)10(16)17/h9H,1,4-7H2,2-3H3,(H,14,18)(H,16,17). The van der Waals surface area contributed by atoms with Crippen molar-refractivity contribution in [2.45, 2.75) is 32.7 Å². The molecule has 1 unspecified atom stereocenters. The number of hydrogen-bond donors (Lipinski definition) is 2. The fraction of sp³-hybridized carbons (Fsp3) is 0.667. The average Bonchev–Trinajstić information content (AvgIpc) is 2.23. The lowest BCUT2D eigenvalue weighted by Crippen LogP contribution is -2.58. The Morgan fingerprint density at radius 3 is 2.67 bits per heavy atom. The van der Waals surface area contributed by atoms with Gasteiger partial charge in [-0.2, -0.15) is 0 Å². The molecule has 1 rings (SSSR count). The van der Waals surface area contributed by atoms with Gasteiger partial charge in [0.15, 0.2) is 0 Å². The highest BCUT2D eigenvalue weighted by Gasteiger charge is 2.44. The number of piperidine rings is 1. The first kappa shape index (κ1) is 15.0. The molecule has 0 radical (unpaired) electrons. The molecular formula is C12H19BrN2O3. The van der Waals surface area contributed by atoms with Gasteiger partial charge in [-0.3, -0.25) is 0 Å². The van der Waals surface area contributed by atoms with Crippen LogP contribution in [0.1, 0.15) is 26.7 Å². The second-order valence-corrected chi connectivity index (χ2v) is 6.32. The monoisotopic (exact) mass is 318 g/mol. The summed E-state index contributed by atoms with van der Waals surface area (Å²) in [4.78, 5) is 24.8. The first-order valence-electron chi connectivity index (χ1n) is 5.86. The number of carboxylic acid groups (broad SMARTS) is 1. The van der Waals surface area contributed by atoms with Gasteiger partial charge in [0.2, 0.25) is 0 Å². The highest BCUT2D eigenvalue weighted by molar-refractivity contribution is 9.11. The molecule has 0 aromatic heterocycles. The van der Waals surface area contributed by atoms with E-state index >= 15 is 0 Å². The SMILES string of the molecule is C=C(Br)CNC(=O)N1CCCC(C)(C)C1C(=O)O. The van der Waals surface area contributed by atoms with Crippen LogP contribution in [0.25, 0.3) is 0 Å². The van der Waals surface area contributed by atoms with Crippen molar-refractivity contribution in [1.29, 1.82) is 0 Å². The van der Waals surface area contributed by atoms with E-state index in [0.717, 1.165) is 12.8 Å². The fourth-order valence-corrected chi connectivity index (χ4v) is 2.49. The molecule has 0 aliphatic carbocycles. The number of aliphatic carboxylic acids is 1. The number of nitrogens with one attached hydrogen (secondary N) is 1. The maximum Gasteiger partial charge on any atom is 0.327 e. The Bertz CT molecular complexity index is 368. The van der Waals surface area contributed by atoms with Crippen LogP contribution in [0.2, 0.25) is 0 Å². The molecule has 0 aromatic rings. The Balaban J connectivity index is 2.81. The normalized spacial score (nSPS) is 22.4. The first-order valence-corrected chi connectivity index (χ1v) is 6.65. The molecule has 5 nitrogen and oxygen atoms in total. The van der Waals surface area contributed by atoms with Crippen LogP contribution < -0.4 is 5.32 Å². The molecule has 18 heavy (non-hydrogen) atoms. The molecule has 0 saturated carbocycles. The third-order valence-electron chi connectivity index (χ3n) is 3.20. The third kappa shape index (κ3) is 3.48. The highest BCUT2D eigenvalue weighted by atomic mass is 79.9. The van der Waals surface area contributed by atoms with E-state index in [1.807, 2.05) is 13.8 Å². The van der Waals surface area contributed by atoms with E-state index in [4.69, 9.17) is 0 Å². The Morgan fingerprint density at radius 1 is 1.56 bits per heavy atom. The minimum atomic E-state index is -0.951. The number of carboxylic acids is 1. The van der Waals surface area contributed by atoms with E-state index in [0.29, 0.717) is 17.6 Å². The number of amides is 2. The van der Waals surface area contributed by atoms with Crippen LogP contribution in [0.4, 0.5) is 4.79 Å². The number of carbonyl (C=O) groups is 2. The van der Waals surface area contributed by atoms with E-state index in [1.165, 1.54) is 4.90 Å². The second-order valence-electron chi connectivity index (χ2n) is 5.20. The van der Waals surface area contributed by atoms with Crippen molar-refractivity contribution in [2.24, 2.45) is 5.41 Å². The molecule has 1 heterocycles. The van der Waals surface area contributed by atoms with Gasteiger partial charge in [-0.25, -0.2) is 9.59 Å². The molecule has 2 N–H and O–H groups in total. The van der Waals surface area contributed by atoms with E-state index in [1.54, 1.807) is 0 Å². The van der Waals surface area contributed by atoms with Gasteiger partial charge in [0.05, 0.1) is 6.54 Å². The Morgan fingerprint density at radius 2 is 2.17 bits per heavy atom. The van der Waals surface area contributed by atoms with Crippen LogP contribution in [0.3, 0.4) is 0 Å². The summed E-state index contributed by atoms with van der Waals surface area (Å²) in [6, 6.07) is -1.13. The predicted molar refractivity (Wildman–Crippen MR) is 72.6 cm³/mol. The molecule has 1 atom stereocenters. The Labute approximate surface area is 115 Å². The average molecular weight is 319 g/mol. The lowest BCUT2D eigenvalue weighted by Gasteiger charge is -2.43. The summed E-state index contributed by atoms with van der Waals surface area (Å²) in [6.45, 7) is 8.16. The van der Waals surface area contributed by atoms with Gasteiger partial charge in [-0.05, 0) is 18.3 Å². The van der Waals surface area contributed by atoms with Crippen molar-refractivity contribution < 1.29 is 14.7 Å². The fourth-order valence-electron chi connectivity index (χ4n) is 2.35. The minimum absolute atomic E-state index is 0.294. The number of hydrogen-bond acceptors (Lipinski definition) is 2. The van der Waals surface area contributed by atoms with Crippen molar-refractivity contribution in [3.05, 3.63) is 11.1 Å². The van der Waals surface area contributed by atoms with E-state index < -0.39 is 17.4 Å². The maximum atomic E-state index is 12.0. The van der Waals surface area contributed by atoms with E-state index in [9.17, 15) is 14.7 Å². The lowest BCUT2D eigenvalue weighted by atomic mass is 9.76. The summed E-state index contributed by atoms with van der Waals surface area (Å²) < 4.78 is 0.652. The quantitative estimate of drug-likeness (QED) is 0.838. The zero-order valence-electron chi connectivity index (χ0n) is 10.7. The number of halogens is 1. The number of urea groups is 1. The maximum absolute atomic E-state index is 12.0. The summed E-state index contributed by atoms with van der Waals surface area (Å²) in [5, 5.41) is 12.0. The van der Waals surface area contributed by atoms with Gasteiger partial charge >= 0.3 is 12.0 Å². The second kappa shape index (κ2) is 5.73. The van der Waals surface area contributed by atoms with Gasteiger partial charge < -0.3 is 15.3 Å². The molecular weight excluding hydrogens is 300 g/mol. The van der Waals surface area contributed by atoms with Gasteiger partial charge in [0.25, 0.3) is 0 Å². The molecule has 0 bridgehead atoms. The van der Waals surface area contributed by atoms with Crippen molar-refractivity contribution in [3.8, 4) is 0 Å². The summed E-state index contributed by atoms with van der Waals surface area (Å²) in [7, 11) is 0. The van der Waals surface area contributed by atoms with Gasteiger partial charge in [-0.15, -0.1) is 0 Å². The Kier molecular flexibility index (Phi) is 4.78. The van der Waals surface area contributed by atoms with Crippen molar-refractivity contribution in [1.82, 2.24) is 10.2 Å². The zero-order valence-corrected chi connectivity index (χ0v) is 12.3. The molecule has 1 aliphatic rings. The number of rotatable bonds is 3. The molecule has 2 amide bonds. The van der Waals surface area contributed by atoms with Gasteiger partial charge in [0.1, 0.15) is 6.04 Å². The van der Waals surface area contributed by atoms with Crippen LogP contribution in [0, 0.1) is 5.41 Å². The summed E-state index contributed by atoms with van der Waals surface area (Å²) in [6.07, 6.45) is 1.62. The van der Waals surface area contributed by atoms with Crippen LogP contribution in [0.15, 0.2) is 11.1 Å². The summed E-state index contributed by atoms with van der Waals surface area (Å²) in [5.41, 5.74) is -0.410. The van der Waals surface area contributed by atoms with Crippen LogP contribution in [-0.2, 0) is 4.79 Å². The zero-order chi connectivity index (χ0) is 13.9. The summed E-state index contributed by atoms with van der Waals surface area (Å²) in [5.74, 6) is -0.951. The molecule has 1 fully saturated rings. The van der Waals surface area contributed by atoms with Crippen LogP contribution in [-0.4, -0.2) is 41.1 Å². The van der Waals surface area contributed by atoms with Crippen molar-refractivity contribution in [2.75, 3.05) is 13.1 Å². The van der Waals surface area contributed by atoms with Gasteiger partial charge in [-0.1, -0.05) is 36.4 Å². The van der Waals surface area contributed by atoms with Crippen molar-refractivity contribution >= 4 is 27.9 Å². The van der Waals surface area contributed by atoms with E-state index in [2.05, 4.69) is 27.8 Å². The first-order chi connectivity index (χ1) is 8.25. The molecule has 0 spiro atoms. The van der Waals surface area contributed by atoms with Gasteiger partial charge in [0, 0.05) is 11.0 Å². The smallest absolute Gasteiger partial charge is 0.327 e. The number of carbonyl (C=O) groups excluding carboxylic acids is 1. The number of likely N-dealkylation sites (tertiary alicyclic amines) is 1.